The summed E-state index contributed by atoms with van der Waals surface area (Å²) in [6.45, 7) is 0.342. The van der Waals surface area contributed by atoms with E-state index < -0.39 is 4.92 Å². The Morgan fingerprint density at radius 2 is 1.89 bits per heavy atom. The van der Waals surface area contributed by atoms with Crippen LogP contribution in [0.15, 0.2) is 46.9 Å². The Kier molecular flexibility index (Phi) is 4.01. The van der Waals surface area contributed by atoms with E-state index in [1.54, 1.807) is 6.07 Å². The standard InChI is InChI=1S/C13H11BrN2O3/c14-10-3-1-9(2-4-10)8-19-11-5-6-12(15)13(7-11)16(17)18/h1-7H,8,15H2. The van der Waals surface area contributed by atoms with Gasteiger partial charge in [-0.2, -0.15) is 0 Å². The monoisotopic (exact) mass is 322 g/mol. The minimum Gasteiger partial charge on any atom is -0.489 e. The predicted molar refractivity (Wildman–Crippen MR) is 76.0 cm³/mol. The van der Waals surface area contributed by atoms with E-state index in [-0.39, 0.29) is 11.4 Å². The molecule has 0 unspecified atom stereocenters. The van der Waals surface area contributed by atoms with Gasteiger partial charge < -0.3 is 10.5 Å². The topological polar surface area (TPSA) is 78.4 Å². The van der Waals surface area contributed by atoms with E-state index in [0.717, 1.165) is 10.0 Å². The zero-order valence-electron chi connectivity index (χ0n) is 9.88. The molecule has 0 aliphatic rings. The molecule has 0 amide bonds. The highest BCUT2D eigenvalue weighted by Crippen LogP contribution is 2.27. The van der Waals surface area contributed by atoms with Crippen molar-refractivity contribution >= 4 is 27.3 Å². The second-order valence-electron chi connectivity index (χ2n) is 3.89. The van der Waals surface area contributed by atoms with E-state index >= 15 is 0 Å². The second kappa shape index (κ2) is 5.71. The smallest absolute Gasteiger partial charge is 0.295 e. The lowest BCUT2D eigenvalue weighted by molar-refractivity contribution is -0.384. The van der Waals surface area contributed by atoms with Gasteiger partial charge in [0.05, 0.1) is 11.0 Å². The molecular formula is C13H11BrN2O3. The van der Waals surface area contributed by atoms with Gasteiger partial charge in [0.2, 0.25) is 0 Å². The van der Waals surface area contributed by atoms with E-state index in [2.05, 4.69) is 15.9 Å². The van der Waals surface area contributed by atoms with Crippen molar-refractivity contribution in [3.63, 3.8) is 0 Å². The summed E-state index contributed by atoms with van der Waals surface area (Å²) in [5.41, 5.74) is 6.47. The Labute approximate surface area is 118 Å². The van der Waals surface area contributed by atoms with Crippen LogP contribution in [0.25, 0.3) is 0 Å². The molecule has 5 nitrogen and oxygen atoms in total. The molecule has 2 N–H and O–H groups in total. The number of nitrogens with two attached hydrogens (primary N) is 1. The fourth-order valence-corrected chi connectivity index (χ4v) is 1.78. The van der Waals surface area contributed by atoms with Crippen LogP contribution in [0.1, 0.15) is 5.56 Å². The molecule has 19 heavy (non-hydrogen) atoms. The molecule has 0 spiro atoms. The lowest BCUT2D eigenvalue weighted by Crippen LogP contribution is -1.99. The highest BCUT2D eigenvalue weighted by Gasteiger charge is 2.12. The average Bonchev–Trinajstić information content (AvgIpc) is 2.39. The van der Waals surface area contributed by atoms with Gasteiger partial charge in [0.25, 0.3) is 5.69 Å². The number of nitrogen functional groups attached to an aromatic ring is 1. The molecule has 0 bridgehead atoms. The summed E-state index contributed by atoms with van der Waals surface area (Å²) in [5.74, 6) is 0.420. The average molecular weight is 323 g/mol. The lowest BCUT2D eigenvalue weighted by Gasteiger charge is -2.07. The van der Waals surface area contributed by atoms with E-state index in [1.165, 1.54) is 12.1 Å². The number of halogens is 1. The molecule has 0 aliphatic heterocycles. The molecule has 2 aromatic carbocycles. The van der Waals surface area contributed by atoms with Crippen molar-refractivity contribution in [3.8, 4) is 5.75 Å². The van der Waals surface area contributed by atoms with Crippen molar-refractivity contribution in [2.45, 2.75) is 6.61 Å². The van der Waals surface area contributed by atoms with Crippen LogP contribution in [-0.2, 0) is 6.61 Å². The SMILES string of the molecule is Nc1ccc(OCc2ccc(Br)cc2)cc1[N+](=O)[O-]. The normalized spacial score (nSPS) is 10.2. The fraction of sp³-hybridized carbons (Fsp3) is 0.0769. The van der Waals surface area contributed by atoms with Crippen molar-refractivity contribution in [1.82, 2.24) is 0 Å². The molecule has 0 saturated heterocycles. The maximum Gasteiger partial charge on any atom is 0.295 e. The Bertz CT molecular complexity index is 599. The van der Waals surface area contributed by atoms with Gasteiger partial charge >= 0.3 is 0 Å². The van der Waals surface area contributed by atoms with E-state index in [1.807, 2.05) is 24.3 Å². The van der Waals surface area contributed by atoms with Crippen LogP contribution in [0.3, 0.4) is 0 Å². The zero-order valence-corrected chi connectivity index (χ0v) is 11.5. The zero-order chi connectivity index (χ0) is 13.8. The second-order valence-corrected chi connectivity index (χ2v) is 4.81. The fourth-order valence-electron chi connectivity index (χ4n) is 1.52. The molecule has 0 fully saturated rings. The third-order valence-corrected chi connectivity index (χ3v) is 3.05. The first-order chi connectivity index (χ1) is 9.06. The number of rotatable bonds is 4. The van der Waals surface area contributed by atoms with Crippen molar-refractivity contribution in [2.24, 2.45) is 0 Å². The number of anilines is 1. The summed E-state index contributed by atoms with van der Waals surface area (Å²) in [4.78, 5) is 10.2. The molecule has 0 atom stereocenters. The first kappa shape index (κ1) is 13.4. The number of hydrogen-bond donors (Lipinski definition) is 1. The number of benzene rings is 2. The predicted octanol–water partition coefficient (Wildman–Crippen LogP) is 3.52. The molecule has 6 heteroatoms. The van der Waals surface area contributed by atoms with Crippen LogP contribution < -0.4 is 10.5 Å². The van der Waals surface area contributed by atoms with Crippen LogP contribution in [0, 0.1) is 10.1 Å². The Balaban J connectivity index is 2.09. The van der Waals surface area contributed by atoms with Crippen molar-refractivity contribution in [3.05, 3.63) is 62.6 Å². The number of nitro benzene ring substituents is 1. The number of hydrogen-bond acceptors (Lipinski definition) is 4. The van der Waals surface area contributed by atoms with Gasteiger partial charge in [-0.05, 0) is 29.8 Å². The van der Waals surface area contributed by atoms with Gasteiger partial charge in [0.15, 0.2) is 0 Å². The Morgan fingerprint density at radius 1 is 1.21 bits per heavy atom. The number of nitro groups is 1. The minimum atomic E-state index is -0.526. The minimum absolute atomic E-state index is 0.126. The Hall–Kier alpha value is -2.08. The molecule has 2 rings (SSSR count). The van der Waals surface area contributed by atoms with Crippen LogP contribution in [0.2, 0.25) is 0 Å². The summed E-state index contributed by atoms with van der Waals surface area (Å²) in [6, 6.07) is 12.0. The quantitative estimate of drug-likeness (QED) is 0.530. The summed E-state index contributed by atoms with van der Waals surface area (Å²) in [7, 11) is 0. The molecule has 0 radical (unpaired) electrons. The van der Waals surface area contributed by atoms with Crippen molar-refractivity contribution in [2.75, 3.05) is 5.73 Å². The highest BCUT2D eigenvalue weighted by molar-refractivity contribution is 9.10. The van der Waals surface area contributed by atoms with Gasteiger partial charge in [-0.3, -0.25) is 10.1 Å². The third kappa shape index (κ3) is 3.45. The van der Waals surface area contributed by atoms with Crippen LogP contribution in [0.5, 0.6) is 5.75 Å². The number of ether oxygens (including phenoxy) is 1. The first-order valence-corrected chi connectivity index (χ1v) is 6.27. The maximum atomic E-state index is 10.8. The molecule has 2 aromatic rings. The van der Waals surface area contributed by atoms with E-state index in [9.17, 15) is 10.1 Å². The van der Waals surface area contributed by atoms with Gasteiger partial charge in [-0.1, -0.05) is 28.1 Å². The number of nitrogens with zero attached hydrogens (tertiary/aromatic N) is 1. The summed E-state index contributed by atoms with van der Waals surface area (Å²) >= 11 is 3.35. The van der Waals surface area contributed by atoms with Crippen LogP contribution >= 0.6 is 15.9 Å². The van der Waals surface area contributed by atoms with Crippen molar-refractivity contribution in [1.29, 1.82) is 0 Å². The molecule has 0 aromatic heterocycles. The maximum absolute atomic E-state index is 10.8. The van der Waals surface area contributed by atoms with Gasteiger partial charge in [0.1, 0.15) is 18.0 Å². The Morgan fingerprint density at radius 3 is 2.53 bits per heavy atom. The first-order valence-electron chi connectivity index (χ1n) is 5.47. The third-order valence-electron chi connectivity index (χ3n) is 2.52. The van der Waals surface area contributed by atoms with Crippen LogP contribution in [-0.4, -0.2) is 4.92 Å². The van der Waals surface area contributed by atoms with Crippen LogP contribution in [0.4, 0.5) is 11.4 Å². The largest absolute Gasteiger partial charge is 0.489 e. The highest BCUT2D eigenvalue weighted by atomic mass is 79.9. The van der Waals surface area contributed by atoms with Crippen molar-refractivity contribution < 1.29 is 9.66 Å². The van der Waals surface area contributed by atoms with E-state index in [0.29, 0.717) is 12.4 Å². The van der Waals surface area contributed by atoms with Gasteiger partial charge in [-0.15, -0.1) is 0 Å². The molecule has 0 heterocycles. The molecular weight excluding hydrogens is 312 g/mol. The van der Waals surface area contributed by atoms with Gasteiger partial charge in [0, 0.05) is 4.47 Å². The van der Waals surface area contributed by atoms with E-state index in [4.69, 9.17) is 10.5 Å². The van der Waals surface area contributed by atoms with Gasteiger partial charge in [-0.25, -0.2) is 0 Å². The molecule has 98 valence electrons. The summed E-state index contributed by atoms with van der Waals surface area (Å²) in [5, 5.41) is 10.8. The summed E-state index contributed by atoms with van der Waals surface area (Å²) in [6.07, 6.45) is 0. The molecule has 0 aliphatic carbocycles. The lowest BCUT2D eigenvalue weighted by atomic mass is 10.2. The summed E-state index contributed by atoms with van der Waals surface area (Å²) < 4.78 is 6.49. The molecule has 0 saturated carbocycles.